The van der Waals surface area contributed by atoms with Crippen LogP contribution in [0.5, 0.6) is 5.75 Å². The molecule has 0 bridgehead atoms. The molecule has 0 fully saturated rings. The number of carbonyl (C=O) groups excluding carboxylic acids is 1. The highest BCUT2D eigenvalue weighted by molar-refractivity contribution is 5.93. The second-order valence-electron chi connectivity index (χ2n) is 7.27. The molecule has 1 unspecified atom stereocenters. The molecule has 1 N–H and O–H groups in total. The topological polar surface area (TPSA) is 43.3 Å². The van der Waals surface area contributed by atoms with Crippen molar-refractivity contribution in [2.75, 3.05) is 12.4 Å². The van der Waals surface area contributed by atoms with Gasteiger partial charge in [0.1, 0.15) is 11.6 Å². The number of nitrogens with one attached hydrogen (secondary N) is 1. The number of hydrogen-bond acceptors (Lipinski definition) is 2. The van der Waals surface area contributed by atoms with E-state index >= 15 is 0 Å². The lowest BCUT2D eigenvalue weighted by atomic mass is 9.87. The molecule has 4 aromatic rings. The molecule has 0 aliphatic rings. The summed E-state index contributed by atoms with van der Waals surface area (Å²) in [6, 6.07) is 21.7. The zero-order chi connectivity index (χ0) is 21.1. The van der Waals surface area contributed by atoms with Gasteiger partial charge in [-0.1, -0.05) is 36.4 Å². The summed E-state index contributed by atoms with van der Waals surface area (Å²) in [5, 5.41) is 3.98. The normalized spacial score (nSPS) is 12.0. The van der Waals surface area contributed by atoms with E-state index in [1.165, 1.54) is 12.1 Å². The van der Waals surface area contributed by atoms with Gasteiger partial charge in [0.25, 0.3) is 0 Å². The van der Waals surface area contributed by atoms with Gasteiger partial charge in [-0.25, -0.2) is 4.39 Å². The van der Waals surface area contributed by atoms with E-state index in [2.05, 4.69) is 28.2 Å². The Hall–Kier alpha value is -3.60. The Morgan fingerprint density at radius 3 is 2.47 bits per heavy atom. The van der Waals surface area contributed by atoms with Crippen LogP contribution < -0.4 is 10.1 Å². The van der Waals surface area contributed by atoms with Crippen molar-refractivity contribution in [2.24, 2.45) is 7.05 Å². The van der Waals surface area contributed by atoms with Gasteiger partial charge in [0.05, 0.1) is 7.11 Å². The predicted octanol–water partition coefficient (Wildman–Crippen LogP) is 5.49. The molecular weight excluding hydrogens is 379 g/mol. The lowest BCUT2D eigenvalue weighted by molar-refractivity contribution is -0.116. The number of anilines is 1. The van der Waals surface area contributed by atoms with Crippen LogP contribution in [-0.4, -0.2) is 17.6 Å². The van der Waals surface area contributed by atoms with Crippen LogP contribution in [-0.2, 0) is 11.8 Å². The van der Waals surface area contributed by atoms with Crippen molar-refractivity contribution >= 4 is 22.5 Å². The maximum atomic E-state index is 13.2. The van der Waals surface area contributed by atoms with Crippen molar-refractivity contribution in [2.45, 2.75) is 12.3 Å². The number of aryl methyl sites for hydroxylation is 1. The molecule has 152 valence electrons. The van der Waals surface area contributed by atoms with Gasteiger partial charge in [0.15, 0.2) is 0 Å². The summed E-state index contributed by atoms with van der Waals surface area (Å²) in [5.74, 6) is 0.0545. The lowest BCUT2D eigenvalue weighted by Gasteiger charge is -2.20. The maximum absolute atomic E-state index is 13.2. The van der Waals surface area contributed by atoms with Gasteiger partial charge in [0.2, 0.25) is 5.91 Å². The second kappa shape index (κ2) is 8.41. The third kappa shape index (κ3) is 3.92. The van der Waals surface area contributed by atoms with Crippen molar-refractivity contribution in [1.82, 2.24) is 4.57 Å². The van der Waals surface area contributed by atoms with Crippen LogP contribution in [0.3, 0.4) is 0 Å². The van der Waals surface area contributed by atoms with Gasteiger partial charge in [-0.2, -0.15) is 0 Å². The standard InChI is InChI=1S/C25H23FN2O2/c1-28-16-22(19-7-3-5-9-23(19)28)21(20-8-4-6-10-24(20)30-2)15-25(29)27-18-13-11-17(26)12-14-18/h3-14,16,21H,15H2,1-2H3,(H,27,29). The van der Waals surface area contributed by atoms with Crippen LogP contribution in [0.15, 0.2) is 79.0 Å². The van der Waals surface area contributed by atoms with Crippen LogP contribution in [0.2, 0.25) is 0 Å². The Balaban J connectivity index is 1.74. The summed E-state index contributed by atoms with van der Waals surface area (Å²) in [6.45, 7) is 0. The first-order valence-electron chi connectivity index (χ1n) is 9.79. The van der Waals surface area contributed by atoms with Gasteiger partial charge in [0, 0.05) is 47.7 Å². The SMILES string of the molecule is COc1ccccc1C(CC(=O)Nc1ccc(F)cc1)c1cn(C)c2ccccc12. The van der Waals surface area contributed by atoms with Crippen molar-refractivity contribution in [3.05, 3.63) is 95.9 Å². The summed E-state index contributed by atoms with van der Waals surface area (Å²) in [4.78, 5) is 12.9. The number of nitrogens with zero attached hydrogens (tertiary/aromatic N) is 1. The number of carbonyl (C=O) groups is 1. The zero-order valence-corrected chi connectivity index (χ0v) is 16.9. The van der Waals surface area contributed by atoms with Crippen LogP contribution >= 0.6 is 0 Å². The number of amides is 1. The monoisotopic (exact) mass is 402 g/mol. The smallest absolute Gasteiger partial charge is 0.225 e. The summed E-state index contributed by atoms with van der Waals surface area (Å²) in [5.41, 5.74) is 3.68. The predicted molar refractivity (Wildman–Crippen MR) is 117 cm³/mol. The van der Waals surface area contributed by atoms with Gasteiger partial charge in [-0.05, 0) is 42.0 Å². The van der Waals surface area contributed by atoms with Crippen LogP contribution in [0.1, 0.15) is 23.5 Å². The molecule has 0 aliphatic carbocycles. The third-order valence-electron chi connectivity index (χ3n) is 5.34. The van der Waals surface area contributed by atoms with Crippen LogP contribution in [0, 0.1) is 5.82 Å². The fourth-order valence-electron chi connectivity index (χ4n) is 3.92. The molecule has 1 atom stereocenters. The molecule has 4 nitrogen and oxygen atoms in total. The molecular formula is C25H23FN2O2. The molecule has 4 rings (SSSR count). The summed E-state index contributed by atoms with van der Waals surface area (Å²) < 4.78 is 20.9. The second-order valence-corrected chi connectivity index (χ2v) is 7.27. The average molecular weight is 402 g/mol. The Labute approximate surface area is 174 Å². The average Bonchev–Trinajstić information content (AvgIpc) is 3.10. The van der Waals surface area contributed by atoms with Gasteiger partial charge in [-0.3, -0.25) is 4.79 Å². The number of methoxy groups -OCH3 is 1. The number of halogens is 1. The van der Waals surface area contributed by atoms with E-state index in [1.54, 1.807) is 19.2 Å². The molecule has 1 heterocycles. The van der Waals surface area contributed by atoms with Crippen molar-refractivity contribution in [3.8, 4) is 5.75 Å². The molecule has 1 amide bonds. The molecule has 30 heavy (non-hydrogen) atoms. The Morgan fingerprint density at radius 2 is 1.70 bits per heavy atom. The summed E-state index contributed by atoms with van der Waals surface area (Å²) in [7, 11) is 3.64. The van der Waals surface area contributed by atoms with E-state index in [4.69, 9.17) is 4.74 Å². The van der Waals surface area contributed by atoms with E-state index in [0.29, 0.717) is 5.69 Å². The minimum atomic E-state index is -0.337. The van der Waals surface area contributed by atoms with E-state index < -0.39 is 0 Å². The van der Waals surface area contributed by atoms with E-state index in [9.17, 15) is 9.18 Å². The molecule has 0 saturated carbocycles. The highest BCUT2D eigenvalue weighted by Gasteiger charge is 2.25. The number of fused-ring (bicyclic) bond motifs is 1. The quantitative estimate of drug-likeness (QED) is 0.464. The first-order chi connectivity index (χ1) is 14.6. The zero-order valence-electron chi connectivity index (χ0n) is 16.9. The highest BCUT2D eigenvalue weighted by Crippen LogP contribution is 2.38. The van der Waals surface area contributed by atoms with E-state index in [0.717, 1.165) is 27.8 Å². The third-order valence-corrected chi connectivity index (χ3v) is 5.34. The first-order valence-corrected chi connectivity index (χ1v) is 9.79. The molecule has 0 radical (unpaired) electrons. The molecule has 3 aromatic carbocycles. The van der Waals surface area contributed by atoms with E-state index in [1.807, 2.05) is 43.4 Å². The maximum Gasteiger partial charge on any atom is 0.225 e. The molecule has 5 heteroatoms. The number of aromatic nitrogens is 1. The Kier molecular flexibility index (Phi) is 5.53. The molecule has 0 saturated heterocycles. The first kappa shape index (κ1) is 19.7. The minimum absolute atomic E-state index is 0.148. The fraction of sp³-hybridized carbons (Fsp3) is 0.160. The number of ether oxygens (including phenoxy) is 1. The van der Waals surface area contributed by atoms with Crippen LogP contribution in [0.25, 0.3) is 10.9 Å². The Bertz CT molecular complexity index is 1180. The highest BCUT2D eigenvalue weighted by atomic mass is 19.1. The van der Waals surface area contributed by atoms with Gasteiger partial charge >= 0.3 is 0 Å². The van der Waals surface area contributed by atoms with Crippen molar-refractivity contribution in [3.63, 3.8) is 0 Å². The number of benzene rings is 3. The molecule has 0 aliphatic heterocycles. The minimum Gasteiger partial charge on any atom is -0.496 e. The van der Waals surface area contributed by atoms with E-state index in [-0.39, 0.29) is 24.1 Å². The summed E-state index contributed by atoms with van der Waals surface area (Å²) >= 11 is 0. The van der Waals surface area contributed by atoms with Gasteiger partial charge < -0.3 is 14.6 Å². The largest absolute Gasteiger partial charge is 0.496 e. The van der Waals surface area contributed by atoms with Crippen molar-refractivity contribution in [1.29, 1.82) is 0 Å². The summed E-state index contributed by atoms with van der Waals surface area (Å²) in [6.07, 6.45) is 2.30. The number of hydrogen-bond donors (Lipinski definition) is 1. The van der Waals surface area contributed by atoms with Crippen LogP contribution in [0.4, 0.5) is 10.1 Å². The van der Waals surface area contributed by atoms with Gasteiger partial charge in [-0.15, -0.1) is 0 Å². The Morgan fingerprint density at radius 1 is 1.00 bits per heavy atom. The fourth-order valence-corrected chi connectivity index (χ4v) is 3.92. The number of para-hydroxylation sites is 2. The molecule has 1 aromatic heterocycles. The molecule has 0 spiro atoms. The number of rotatable bonds is 6. The van der Waals surface area contributed by atoms with Crippen molar-refractivity contribution < 1.29 is 13.9 Å². The lowest BCUT2D eigenvalue weighted by Crippen LogP contribution is -2.17.